The highest BCUT2D eigenvalue weighted by molar-refractivity contribution is 5.41. The Bertz CT molecular complexity index is 469. The van der Waals surface area contributed by atoms with E-state index in [0.717, 1.165) is 0 Å². The van der Waals surface area contributed by atoms with Gasteiger partial charge in [0.05, 0.1) is 18.8 Å². The van der Waals surface area contributed by atoms with E-state index in [-0.39, 0.29) is 17.3 Å². The fourth-order valence-corrected chi connectivity index (χ4v) is 2.11. The minimum atomic E-state index is -4.42. The molecule has 2 nitrogen and oxygen atoms in total. The van der Waals surface area contributed by atoms with Crippen LogP contribution in [0.1, 0.15) is 38.3 Å². The summed E-state index contributed by atoms with van der Waals surface area (Å²) in [5, 5.41) is 0. The maximum Gasteiger partial charge on any atom is 0.419 e. The fraction of sp³-hybridized carbons (Fsp3) is 0.600. The second kappa shape index (κ2) is 5.28. The average Bonchev–Trinajstić information content (AvgIpc) is 2.79. The molecule has 112 valence electrons. The van der Waals surface area contributed by atoms with Crippen LogP contribution in [-0.2, 0) is 16.3 Å². The molecule has 1 heterocycles. The van der Waals surface area contributed by atoms with Gasteiger partial charge in [-0.25, -0.2) is 0 Å². The second-order valence-corrected chi connectivity index (χ2v) is 6.06. The molecular formula is C15H19F3O2. The van der Waals surface area contributed by atoms with Crippen molar-refractivity contribution in [2.45, 2.75) is 44.9 Å². The number of hydrogen-bond acceptors (Lipinski definition) is 2. The highest BCUT2D eigenvalue weighted by atomic mass is 19.4. The molecule has 0 spiro atoms. The first kappa shape index (κ1) is 15.2. The summed E-state index contributed by atoms with van der Waals surface area (Å²) in [5.74, 6) is -0.110. The van der Waals surface area contributed by atoms with Crippen LogP contribution in [0.3, 0.4) is 0 Å². The van der Waals surface area contributed by atoms with Gasteiger partial charge in [-0.05, 0) is 23.1 Å². The van der Waals surface area contributed by atoms with Gasteiger partial charge in [0.25, 0.3) is 0 Å². The lowest BCUT2D eigenvalue weighted by molar-refractivity contribution is -0.139. The summed E-state index contributed by atoms with van der Waals surface area (Å²) < 4.78 is 50.1. The SMILES string of the molecule is CC(C)(C)c1ccc(OC2CCOC2)c(C(F)(F)F)c1. The van der Waals surface area contributed by atoms with Gasteiger partial charge < -0.3 is 9.47 Å². The summed E-state index contributed by atoms with van der Waals surface area (Å²) in [7, 11) is 0. The van der Waals surface area contributed by atoms with Gasteiger partial charge in [0.1, 0.15) is 11.9 Å². The van der Waals surface area contributed by atoms with E-state index in [4.69, 9.17) is 9.47 Å². The Hall–Kier alpha value is -1.23. The first-order valence-electron chi connectivity index (χ1n) is 6.64. The minimum absolute atomic E-state index is 0.110. The van der Waals surface area contributed by atoms with E-state index in [0.29, 0.717) is 25.2 Å². The zero-order valence-corrected chi connectivity index (χ0v) is 11.9. The van der Waals surface area contributed by atoms with Crippen LogP contribution in [0.2, 0.25) is 0 Å². The minimum Gasteiger partial charge on any atom is -0.487 e. The van der Waals surface area contributed by atoms with Gasteiger partial charge in [-0.2, -0.15) is 13.2 Å². The van der Waals surface area contributed by atoms with Gasteiger partial charge in [0, 0.05) is 6.42 Å². The summed E-state index contributed by atoms with van der Waals surface area (Å²) in [4.78, 5) is 0. The number of hydrogen-bond donors (Lipinski definition) is 0. The number of rotatable bonds is 2. The Morgan fingerprint density at radius 3 is 2.40 bits per heavy atom. The van der Waals surface area contributed by atoms with Crippen molar-refractivity contribution < 1.29 is 22.6 Å². The van der Waals surface area contributed by atoms with Crippen molar-refractivity contribution in [3.05, 3.63) is 29.3 Å². The first-order chi connectivity index (χ1) is 9.18. The lowest BCUT2D eigenvalue weighted by atomic mass is 9.86. The van der Waals surface area contributed by atoms with Crippen LogP contribution in [0.25, 0.3) is 0 Å². The van der Waals surface area contributed by atoms with Crippen LogP contribution < -0.4 is 4.74 Å². The largest absolute Gasteiger partial charge is 0.487 e. The fourth-order valence-electron chi connectivity index (χ4n) is 2.11. The highest BCUT2D eigenvalue weighted by Crippen LogP contribution is 2.39. The van der Waals surface area contributed by atoms with Crippen molar-refractivity contribution in [2.24, 2.45) is 0 Å². The van der Waals surface area contributed by atoms with E-state index in [1.165, 1.54) is 12.1 Å². The normalized spacial score (nSPS) is 20.2. The Balaban J connectivity index is 2.35. The van der Waals surface area contributed by atoms with Gasteiger partial charge in [0.15, 0.2) is 0 Å². The van der Waals surface area contributed by atoms with Gasteiger partial charge in [0.2, 0.25) is 0 Å². The van der Waals surface area contributed by atoms with Gasteiger partial charge in [-0.3, -0.25) is 0 Å². The molecule has 1 saturated heterocycles. The molecule has 5 heteroatoms. The molecule has 1 unspecified atom stereocenters. The summed E-state index contributed by atoms with van der Waals surface area (Å²) in [6.07, 6.45) is -4.09. The Morgan fingerprint density at radius 2 is 1.90 bits per heavy atom. The van der Waals surface area contributed by atoms with Crippen molar-refractivity contribution in [1.29, 1.82) is 0 Å². The predicted molar refractivity (Wildman–Crippen MR) is 70.0 cm³/mol. The highest BCUT2D eigenvalue weighted by Gasteiger charge is 2.36. The number of alkyl halides is 3. The molecule has 1 aromatic carbocycles. The van der Waals surface area contributed by atoms with Crippen molar-refractivity contribution in [3.8, 4) is 5.75 Å². The quantitative estimate of drug-likeness (QED) is 0.813. The molecule has 0 aromatic heterocycles. The van der Waals surface area contributed by atoms with Crippen molar-refractivity contribution in [3.63, 3.8) is 0 Å². The van der Waals surface area contributed by atoms with E-state index in [9.17, 15) is 13.2 Å². The molecular weight excluding hydrogens is 269 g/mol. The van der Waals surface area contributed by atoms with E-state index in [1.807, 2.05) is 20.8 Å². The average molecular weight is 288 g/mol. The first-order valence-corrected chi connectivity index (χ1v) is 6.64. The topological polar surface area (TPSA) is 18.5 Å². The zero-order chi connectivity index (χ0) is 15.0. The summed E-state index contributed by atoms with van der Waals surface area (Å²) in [6, 6.07) is 4.30. The maximum absolute atomic E-state index is 13.2. The molecule has 0 aliphatic carbocycles. The van der Waals surface area contributed by atoms with Crippen LogP contribution >= 0.6 is 0 Å². The van der Waals surface area contributed by atoms with E-state index < -0.39 is 11.7 Å². The number of benzene rings is 1. The Labute approximate surface area is 116 Å². The number of halogens is 3. The molecule has 1 aliphatic heterocycles. The van der Waals surface area contributed by atoms with Gasteiger partial charge in [-0.15, -0.1) is 0 Å². The summed E-state index contributed by atoms with van der Waals surface area (Å²) in [6.45, 7) is 6.53. The molecule has 1 aliphatic rings. The van der Waals surface area contributed by atoms with Gasteiger partial charge in [-0.1, -0.05) is 26.8 Å². The van der Waals surface area contributed by atoms with Crippen LogP contribution in [0.4, 0.5) is 13.2 Å². The molecule has 0 amide bonds. The molecule has 1 aromatic rings. The Morgan fingerprint density at radius 1 is 1.20 bits per heavy atom. The standard InChI is InChI=1S/C15H19F3O2/c1-14(2,3)10-4-5-13(12(8-10)15(16,17)18)20-11-6-7-19-9-11/h4-5,8,11H,6-7,9H2,1-3H3. The van der Waals surface area contributed by atoms with Crippen LogP contribution in [-0.4, -0.2) is 19.3 Å². The van der Waals surface area contributed by atoms with Gasteiger partial charge >= 0.3 is 6.18 Å². The molecule has 1 fully saturated rings. The van der Waals surface area contributed by atoms with Crippen molar-refractivity contribution in [2.75, 3.05) is 13.2 Å². The maximum atomic E-state index is 13.2. The molecule has 0 saturated carbocycles. The van der Waals surface area contributed by atoms with Crippen LogP contribution in [0, 0.1) is 0 Å². The third-order valence-electron chi connectivity index (χ3n) is 3.33. The summed E-state index contributed by atoms with van der Waals surface area (Å²) >= 11 is 0. The van der Waals surface area contributed by atoms with Crippen molar-refractivity contribution >= 4 is 0 Å². The third-order valence-corrected chi connectivity index (χ3v) is 3.33. The smallest absolute Gasteiger partial charge is 0.419 e. The monoisotopic (exact) mass is 288 g/mol. The van der Waals surface area contributed by atoms with E-state index >= 15 is 0 Å². The van der Waals surface area contributed by atoms with E-state index in [2.05, 4.69) is 0 Å². The van der Waals surface area contributed by atoms with E-state index in [1.54, 1.807) is 6.07 Å². The second-order valence-electron chi connectivity index (χ2n) is 6.06. The lowest BCUT2D eigenvalue weighted by Gasteiger charge is -2.23. The molecule has 2 rings (SSSR count). The van der Waals surface area contributed by atoms with Crippen molar-refractivity contribution in [1.82, 2.24) is 0 Å². The third kappa shape index (κ3) is 3.45. The van der Waals surface area contributed by atoms with Crippen LogP contribution in [0.15, 0.2) is 18.2 Å². The zero-order valence-electron chi connectivity index (χ0n) is 11.9. The predicted octanol–water partition coefficient (Wildman–Crippen LogP) is 4.17. The van der Waals surface area contributed by atoms with Crippen LogP contribution in [0.5, 0.6) is 5.75 Å². The molecule has 0 bridgehead atoms. The molecule has 20 heavy (non-hydrogen) atoms. The molecule has 0 radical (unpaired) electrons. The summed E-state index contributed by atoms with van der Waals surface area (Å²) in [5.41, 5.74) is -0.411. The number of ether oxygens (including phenoxy) is 2. The Kier molecular flexibility index (Phi) is 4.00. The molecule has 1 atom stereocenters. The molecule has 0 N–H and O–H groups in total. The lowest BCUT2D eigenvalue weighted by Crippen LogP contribution is -2.20.